The summed E-state index contributed by atoms with van der Waals surface area (Å²) in [6.45, 7) is 5.55. The second-order valence-corrected chi connectivity index (χ2v) is 3.59. The number of hydrogen-bond donors (Lipinski definition) is 0. The Morgan fingerprint density at radius 1 is 0.941 bits per heavy atom. The third-order valence-corrected chi connectivity index (χ3v) is 1.90. The zero-order valence-corrected chi connectivity index (χ0v) is 10.5. The minimum atomic E-state index is -0.615. The molecular weight excluding hydrogens is 228 g/mol. The molecule has 98 valence electrons. The van der Waals surface area contributed by atoms with Crippen molar-refractivity contribution in [2.75, 3.05) is 6.61 Å². The van der Waals surface area contributed by atoms with Crippen molar-refractivity contribution in [1.29, 1.82) is 0 Å². The lowest BCUT2D eigenvalue weighted by molar-refractivity contribution is -0.166. The number of carbonyl (C=O) groups excluding carboxylic acids is 3. The number of carbonyl (C=O) groups is 3. The SMILES string of the molecule is CC(=O)OCC[C@@H](OC(C)=O)[C@@H](C)OC(C)=O. The van der Waals surface area contributed by atoms with Crippen LogP contribution in [-0.4, -0.2) is 36.7 Å². The monoisotopic (exact) mass is 246 g/mol. The second-order valence-electron chi connectivity index (χ2n) is 3.59. The van der Waals surface area contributed by atoms with Crippen LogP contribution >= 0.6 is 0 Å². The molecule has 0 saturated heterocycles. The minimum Gasteiger partial charge on any atom is -0.466 e. The fraction of sp³-hybridized carbons (Fsp3) is 0.727. The van der Waals surface area contributed by atoms with E-state index in [1.807, 2.05) is 0 Å². The molecule has 6 nitrogen and oxygen atoms in total. The van der Waals surface area contributed by atoms with E-state index in [0.717, 1.165) is 0 Å². The normalized spacial score (nSPS) is 13.4. The molecule has 0 unspecified atom stereocenters. The summed E-state index contributed by atoms with van der Waals surface area (Å²) < 4.78 is 14.6. The summed E-state index contributed by atoms with van der Waals surface area (Å²) in [5, 5.41) is 0. The minimum absolute atomic E-state index is 0.110. The van der Waals surface area contributed by atoms with E-state index in [-0.39, 0.29) is 13.0 Å². The summed E-state index contributed by atoms with van der Waals surface area (Å²) in [6.07, 6.45) is -0.907. The molecule has 0 heterocycles. The molecule has 0 fully saturated rings. The average Bonchev–Trinajstić information content (AvgIpc) is 2.13. The lowest BCUT2D eigenvalue weighted by Gasteiger charge is -2.23. The van der Waals surface area contributed by atoms with Crippen LogP contribution < -0.4 is 0 Å². The fourth-order valence-corrected chi connectivity index (χ4v) is 1.26. The van der Waals surface area contributed by atoms with Gasteiger partial charge in [-0.3, -0.25) is 14.4 Å². The predicted octanol–water partition coefficient (Wildman–Crippen LogP) is 0.823. The van der Waals surface area contributed by atoms with Crippen molar-refractivity contribution in [1.82, 2.24) is 0 Å². The second kappa shape index (κ2) is 7.65. The van der Waals surface area contributed by atoms with Crippen molar-refractivity contribution in [3.8, 4) is 0 Å². The van der Waals surface area contributed by atoms with Crippen LogP contribution in [0.15, 0.2) is 0 Å². The van der Waals surface area contributed by atoms with Gasteiger partial charge in [0.2, 0.25) is 0 Å². The van der Waals surface area contributed by atoms with E-state index in [0.29, 0.717) is 0 Å². The Morgan fingerprint density at radius 2 is 1.47 bits per heavy atom. The maximum Gasteiger partial charge on any atom is 0.303 e. The quantitative estimate of drug-likeness (QED) is 0.510. The maximum absolute atomic E-state index is 10.9. The van der Waals surface area contributed by atoms with Crippen molar-refractivity contribution in [2.24, 2.45) is 0 Å². The van der Waals surface area contributed by atoms with Gasteiger partial charge in [0.05, 0.1) is 6.61 Å². The van der Waals surface area contributed by atoms with Crippen LogP contribution in [-0.2, 0) is 28.6 Å². The first-order valence-electron chi connectivity index (χ1n) is 5.30. The summed E-state index contributed by atoms with van der Waals surface area (Å²) >= 11 is 0. The molecule has 0 rings (SSSR count). The molecule has 0 aliphatic heterocycles. The number of ether oxygens (including phenoxy) is 3. The molecule has 0 amide bonds. The van der Waals surface area contributed by atoms with E-state index in [1.165, 1.54) is 20.8 Å². The molecule has 17 heavy (non-hydrogen) atoms. The molecule has 0 N–H and O–H groups in total. The smallest absolute Gasteiger partial charge is 0.303 e. The Balaban J connectivity index is 4.25. The first-order chi connectivity index (χ1) is 7.82. The molecule has 0 aliphatic carbocycles. The Hall–Kier alpha value is -1.59. The van der Waals surface area contributed by atoms with Crippen LogP contribution in [0.5, 0.6) is 0 Å². The van der Waals surface area contributed by atoms with Crippen LogP contribution in [0.25, 0.3) is 0 Å². The third-order valence-electron chi connectivity index (χ3n) is 1.90. The highest BCUT2D eigenvalue weighted by Crippen LogP contribution is 2.09. The van der Waals surface area contributed by atoms with Gasteiger partial charge in [0.25, 0.3) is 0 Å². The van der Waals surface area contributed by atoms with E-state index in [9.17, 15) is 14.4 Å². The molecule has 0 radical (unpaired) electrons. The van der Waals surface area contributed by atoms with Crippen molar-refractivity contribution in [3.63, 3.8) is 0 Å². The van der Waals surface area contributed by atoms with Gasteiger partial charge in [0.1, 0.15) is 12.2 Å². The average molecular weight is 246 g/mol. The number of rotatable bonds is 6. The Morgan fingerprint density at radius 3 is 1.88 bits per heavy atom. The van der Waals surface area contributed by atoms with Crippen molar-refractivity contribution >= 4 is 17.9 Å². The molecule has 0 saturated carbocycles. The van der Waals surface area contributed by atoms with Gasteiger partial charge in [-0.05, 0) is 6.92 Å². The van der Waals surface area contributed by atoms with Crippen LogP contribution in [0.2, 0.25) is 0 Å². The van der Waals surface area contributed by atoms with E-state index in [4.69, 9.17) is 14.2 Å². The van der Waals surface area contributed by atoms with Gasteiger partial charge in [-0.25, -0.2) is 0 Å². The van der Waals surface area contributed by atoms with E-state index in [1.54, 1.807) is 6.92 Å². The Bertz CT molecular complexity index is 286. The predicted molar refractivity (Wildman–Crippen MR) is 58.0 cm³/mol. The topological polar surface area (TPSA) is 78.9 Å². The maximum atomic E-state index is 10.9. The standard InChI is InChI=1S/C11H18O6/c1-7(16-9(3)13)11(17-10(4)14)5-6-15-8(2)12/h7,11H,5-6H2,1-4H3/t7-,11-/m1/s1. The first-order valence-corrected chi connectivity index (χ1v) is 5.30. The lowest BCUT2D eigenvalue weighted by Crippen LogP contribution is -2.33. The fourth-order valence-electron chi connectivity index (χ4n) is 1.26. The van der Waals surface area contributed by atoms with Crippen LogP contribution in [0.1, 0.15) is 34.1 Å². The van der Waals surface area contributed by atoms with Gasteiger partial charge in [0, 0.05) is 27.2 Å². The van der Waals surface area contributed by atoms with Crippen LogP contribution in [0.3, 0.4) is 0 Å². The molecule has 0 aromatic rings. The summed E-state index contributed by atoms with van der Waals surface area (Å²) in [5.74, 6) is -1.34. The number of hydrogen-bond acceptors (Lipinski definition) is 6. The third kappa shape index (κ3) is 8.24. The Labute approximate surface area is 100 Å². The molecule has 0 aromatic carbocycles. The molecule has 0 spiro atoms. The number of esters is 3. The summed E-state index contributed by atoms with van der Waals surface area (Å²) in [6, 6.07) is 0. The Kier molecular flexibility index (Phi) is 6.93. The largest absolute Gasteiger partial charge is 0.466 e. The van der Waals surface area contributed by atoms with E-state index < -0.39 is 30.1 Å². The highest BCUT2D eigenvalue weighted by molar-refractivity contribution is 5.67. The molecule has 6 heteroatoms. The van der Waals surface area contributed by atoms with Gasteiger partial charge in [-0.1, -0.05) is 0 Å². The van der Waals surface area contributed by atoms with E-state index >= 15 is 0 Å². The summed E-state index contributed by atoms with van der Waals surface area (Å²) in [4.78, 5) is 32.2. The van der Waals surface area contributed by atoms with Crippen molar-refractivity contribution in [3.05, 3.63) is 0 Å². The van der Waals surface area contributed by atoms with Crippen LogP contribution in [0.4, 0.5) is 0 Å². The lowest BCUT2D eigenvalue weighted by atomic mass is 10.1. The summed E-state index contributed by atoms with van der Waals surface area (Å²) in [5.41, 5.74) is 0. The molecule has 0 aliphatic rings. The van der Waals surface area contributed by atoms with Gasteiger partial charge in [-0.2, -0.15) is 0 Å². The highest BCUT2D eigenvalue weighted by Gasteiger charge is 2.23. The van der Waals surface area contributed by atoms with Gasteiger partial charge >= 0.3 is 17.9 Å². The zero-order chi connectivity index (χ0) is 13.4. The van der Waals surface area contributed by atoms with Gasteiger partial charge < -0.3 is 14.2 Å². The first kappa shape index (κ1) is 15.4. The zero-order valence-electron chi connectivity index (χ0n) is 10.5. The van der Waals surface area contributed by atoms with Gasteiger partial charge in [-0.15, -0.1) is 0 Å². The van der Waals surface area contributed by atoms with Crippen molar-refractivity contribution in [2.45, 2.75) is 46.3 Å². The molecule has 2 atom stereocenters. The van der Waals surface area contributed by atoms with Crippen LogP contribution in [0, 0.1) is 0 Å². The van der Waals surface area contributed by atoms with Gasteiger partial charge in [0.15, 0.2) is 0 Å². The van der Waals surface area contributed by atoms with E-state index in [2.05, 4.69) is 0 Å². The molecule has 0 aromatic heterocycles. The van der Waals surface area contributed by atoms with Crippen molar-refractivity contribution < 1.29 is 28.6 Å². The molecular formula is C11H18O6. The highest BCUT2D eigenvalue weighted by atomic mass is 16.6. The summed E-state index contributed by atoms with van der Waals surface area (Å²) in [7, 11) is 0. The molecule has 0 bridgehead atoms.